The molecule has 5 rings (SSSR count). The van der Waals surface area contributed by atoms with Gasteiger partial charge in [-0.05, 0) is 24.1 Å². The third kappa shape index (κ3) is 3.46. The fraction of sp³-hybridized carbons (Fsp3) is 0.125. The molecule has 0 saturated heterocycles. The average Bonchev–Trinajstić information content (AvgIpc) is 3.36. The van der Waals surface area contributed by atoms with Crippen molar-refractivity contribution in [3.05, 3.63) is 83.6 Å². The molecule has 30 heavy (non-hydrogen) atoms. The zero-order chi connectivity index (χ0) is 20.5. The molecule has 0 fully saturated rings. The van der Waals surface area contributed by atoms with Gasteiger partial charge in [-0.25, -0.2) is 4.98 Å². The average molecular weight is 413 g/mol. The van der Waals surface area contributed by atoms with Crippen LogP contribution >= 0.6 is 11.3 Å². The maximum absolute atomic E-state index is 12.7. The lowest BCUT2D eigenvalue weighted by atomic mass is 10.1. The van der Waals surface area contributed by atoms with Crippen LogP contribution in [0, 0.1) is 0 Å². The van der Waals surface area contributed by atoms with Gasteiger partial charge in [0.1, 0.15) is 0 Å². The number of fused-ring (bicyclic) bond motifs is 2. The van der Waals surface area contributed by atoms with Gasteiger partial charge in [0.05, 0.1) is 23.3 Å². The molecule has 0 aliphatic carbocycles. The molecule has 3 heterocycles. The van der Waals surface area contributed by atoms with Gasteiger partial charge in [-0.2, -0.15) is 0 Å². The third-order valence-corrected chi connectivity index (χ3v) is 6.08. The van der Waals surface area contributed by atoms with Gasteiger partial charge in [0.25, 0.3) is 0 Å². The minimum absolute atomic E-state index is 0.0737. The Hall–Kier alpha value is -3.51. The van der Waals surface area contributed by atoms with Crippen LogP contribution in [0.25, 0.3) is 27.1 Å². The molecule has 1 amide bonds. The van der Waals surface area contributed by atoms with E-state index in [0.717, 1.165) is 44.9 Å². The number of pyridine rings is 1. The van der Waals surface area contributed by atoms with Crippen LogP contribution in [-0.2, 0) is 17.6 Å². The van der Waals surface area contributed by atoms with E-state index in [4.69, 9.17) is 4.98 Å². The van der Waals surface area contributed by atoms with Crippen LogP contribution in [0.3, 0.4) is 0 Å². The number of carbonyl (C=O) groups is 1. The monoisotopic (exact) mass is 412 g/mol. The summed E-state index contributed by atoms with van der Waals surface area (Å²) in [5.41, 5.74) is 5.76. The fourth-order valence-corrected chi connectivity index (χ4v) is 4.44. The second-order valence-corrected chi connectivity index (χ2v) is 8.00. The molecule has 1 N–H and O–H groups in total. The molecule has 148 valence electrons. The second kappa shape index (κ2) is 7.72. The molecule has 0 spiro atoms. The first kappa shape index (κ1) is 18.5. The number of hydrogen-bond acceptors (Lipinski definition) is 4. The van der Waals surface area contributed by atoms with Crippen LogP contribution < -0.4 is 5.32 Å². The van der Waals surface area contributed by atoms with Crippen molar-refractivity contribution < 1.29 is 4.79 Å². The van der Waals surface area contributed by atoms with Gasteiger partial charge in [0.15, 0.2) is 4.96 Å². The van der Waals surface area contributed by atoms with Gasteiger partial charge in [0, 0.05) is 34.4 Å². The smallest absolute Gasteiger partial charge is 0.230 e. The lowest BCUT2D eigenvalue weighted by Gasteiger charge is -2.07. The third-order valence-electron chi connectivity index (χ3n) is 5.19. The van der Waals surface area contributed by atoms with Gasteiger partial charge < -0.3 is 5.32 Å². The predicted octanol–water partition coefficient (Wildman–Crippen LogP) is 5.35. The molecule has 5 aromatic rings. The van der Waals surface area contributed by atoms with Gasteiger partial charge in [-0.1, -0.05) is 49.4 Å². The van der Waals surface area contributed by atoms with Crippen molar-refractivity contribution in [1.82, 2.24) is 14.4 Å². The number of anilines is 1. The maximum Gasteiger partial charge on any atom is 0.230 e. The van der Waals surface area contributed by atoms with Crippen LogP contribution in [-0.4, -0.2) is 20.3 Å². The Bertz CT molecular complexity index is 1350. The molecule has 3 aromatic heterocycles. The SMILES string of the molecule is CCc1ccc(-c2cn3c(CC(=O)Nc4cccc5cccnc45)csc3n2)cc1. The first-order valence-corrected chi connectivity index (χ1v) is 10.8. The van der Waals surface area contributed by atoms with Gasteiger partial charge in [0.2, 0.25) is 5.91 Å². The summed E-state index contributed by atoms with van der Waals surface area (Å²) in [4.78, 5) is 22.8. The maximum atomic E-state index is 12.7. The number of aromatic nitrogens is 3. The van der Waals surface area contributed by atoms with Crippen molar-refractivity contribution in [3.8, 4) is 11.3 Å². The van der Waals surface area contributed by atoms with E-state index in [0.29, 0.717) is 0 Å². The number of nitrogens with one attached hydrogen (secondary N) is 1. The molecular weight excluding hydrogens is 392 g/mol. The van der Waals surface area contributed by atoms with E-state index in [1.54, 1.807) is 17.5 Å². The topological polar surface area (TPSA) is 59.3 Å². The zero-order valence-corrected chi connectivity index (χ0v) is 17.3. The highest BCUT2D eigenvalue weighted by Gasteiger charge is 2.14. The highest BCUT2D eigenvalue weighted by atomic mass is 32.1. The van der Waals surface area contributed by atoms with Crippen LogP contribution in [0.5, 0.6) is 0 Å². The normalized spacial score (nSPS) is 11.2. The first-order valence-electron chi connectivity index (χ1n) is 9.89. The number of carbonyl (C=O) groups excluding carboxylic acids is 1. The molecule has 0 unspecified atom stereocenters. The van der Waals surface area contributed by atoms with E-state index >= 15 is 0 Å². The molecule has 0 aliphatic rings. The zero-order valence-electron chi connectivity index (χ0n) is 16.5. The van der Waals surface area contributed by atoms with Crippen molar-refractivity contribution in [2.45, 2.75) is 19.8 Å². The molecule has 5 nitrogen and oxygen atoms in total. The Kier molecular flexibility index (Phi) is 4.77. The molecule has 0 aliphatic heterocycles. The summed E-state index contributed by atoms with van der Waals surface area (Å²) >= 11 is 1.55. The number of amides is 1. The number of hydrogen-bond donors (Lipinski definition) is 1. The highest BCUT2D eigenvalue weighted by molar-refractivity contribution is 7.15. The quantitative estimate of drug-likeness (QED) is 0.423. The number of rotatable bonds is 5. The number of nitrogens with zero attached hydrogens (tertiary/aromatic N) is 3. The van der Waals surface area contributed by atoms with E-state index in [2.05, 4.69) is 41.5 Å². The molecule has 6 heteroatoms. The van der Waals surface area contributed by atoms with E-state index < -0.39 is 0 Å². The van der Waals surface area contributed by atoms with E-state index in [9.17, 15) is 4.79 Å². The minimum atomic E-state index is -0.0737. The Morgan fingerprint density at radius 2 is 1.93 bits per heavy atom. The molecule has 0 radical (unpaired) electrons. The van der Waals surface area contributed by atoms with E-state index in [-0.39, 0.29) is 12.3 Å². The van der Waals surface area contributed by atoms with Crippen LogP contribution in [0.2, 0.25) is 0 Å². The summed E-state index contributed by atoms with van der Waals surface area (Å²) < 4.78 is 2.01. The van der Waals surface area contributed by atoms with E-state index in [1.165, 1.54) is 5.56 Å². The summed E-state index contributed by atoms with van der Waals surface area (Å²) in [5, 5.41) is 6.00. The Morgan fingerprint density at radius 3 is 2.77 bits per heavy atom. The van der Waals surface area contributed by atoms with E-state index in [1.807, 2.05) is 46.3 Å². The number of thiazole rings is 1. The molecule has 0 atom stereocenters. The Labute approximate surface area is 178 Å². The summed E-state index contributed by atoms with van der Waals surface area (Å²) in [6.07, 6.45) is 5.03. The number of benzene rings is 2. The summed E-state index contributed by atoms with van der Waals surface area (Å²) in [6.45, 7) is 2.15. The second-order valence-electron chi connectivity index (χ2n) is 7.16. The predicted molar refractivity (Wildman–Crippen MR) is 122 cm³/mol. The Morgan fingerprint density at radius 1 is 1.10 bits per heavy atom. The number of imidazole rings is 1. The molecule has 0 saturated carbocycles. The van der Waals surface area contributed by atoms with Crippen molar-refractivity contribution >= 4 is 38.8 Å². The highest BCUT2D eigenvalue weighted by Crippen LogP contribution is 2.25. The Balaban J connectivity index is 1.38. The van der Waals surface area contributed by atoms with Crippen molar-refractivity contribution in [2.75, 3.05) is 5.32 Å². The molecular formula is C24H20N4OS. The van der Waals surface area contributed by atoms with Crippen molar-refractivity contribution in [3.63, 3.8) is 0 Å². The lowest BCUT2D eigenvalue weighted by molar-refractivity contribution is -0.115. The van der Waals surface area contributed by atoms with Crippen molar-refractivity contribution in [1.29, 1.82) is 0 Å². The van der Waals surface area contributed by atoms with Crippen LogP contribution in [0.1, 0.15) is 18.2 Å². The number of aryl methyl sites for hydroxylation is 1. The van der Waals surface area contributed by atoms with Crippen molar-refractivity contribution in [2.24, 2.45) is 0 Å². The largest absolute Gasteiger partial charge is 0.324 e. The first-order chi connectivity index (χ1) is 14.7. The number of para-hydroxylation sites is 1. The fourth-order valence-electron chi connectivity index (χ4n) is 3.57. The van der Waals surface area contributed by atoms with Gasteiger partial charge in [-0.15, -0.1) is 11.3 Å². The van der Waals surface area contributed by atoms with Gasteiger partial charge >= 0.3 is 0 Å². The van der Waals surface area contributed by atoms with Crippen LogP contribution in [0.4, 0.5) is 5.69 Å². The molecule has 2 aromatic carbocycles. The summed E-state index contributed by atoms with van der Waals surface area (Å²) in [7, 11) is 0. The lowest BCUT2D eigenvalue weighted by Crippen LogP contribution is -2.15. The minimum Gasteiger partial charge on any atom is -0.324 e. The summed E-state index contributed by atoms with van der Waals surface area (Å²) in [5.74, 6) is -0.0737. The van der Waals surface area contributed by atoms with Gasteiger partial charge in [-0.3, -0.25) is 14.2 Å². The summed E-state index contributed by atoms with van der Waals surface area (Å²) in [6, 6.07) is 18.1. The molecule has 0 bridgehead atoms. The van der Waals surface area contributed by atoms with Crippen LogP contribution in [0.15, 0.2) is 72.4 Å². The standard InChI is InChI=1S/C24H20N4OS/c1-2-16-8-10-17(11-9-16)21-14-28-19(15-30-24(28)27-21)13-22(29)26-20-7-3-5-18-6-4-12-25-23(18)20/h3-12,14-15H,2,13H2,1H3,(H,26,29).